The molecule has 0 heterocycles. The van der Waals surface area contributed by atoms with Crippen molar-refractivity contribution >= 4 is 18.0 Å². The molecule has 0 spiro atoms. The van der Waals surface area contributed by atoms with E-state index in [1.54, 1.807) is 6.07 Å². The summed E-state index contributed by atoms with van der Waals surface area (Å²) in [6.45, 7) is 2.60. The van der Waals surface area contributed by atoms with Crippen molar-refractivity contribution in [2.75, 3.05) is 6.54 Å². The molecule has 1 fully saturated rings. The largest absolute Gasteiger partial charge is 0.478 e. The second-order valence-electron chi connectivity index (χ2n) is 5.65. The molecule has 0 radical (unpaired) electrons. The van der Waals surface area contributed by atoms with Crippen molar-refractivity contribution < 1.29 is 14.7 Å². The zero-order valence-corrected chi connectivity index (χ0v) is 12.3. The Kier molecular flexibility index (Phi) is 5.14. The molecule has 2 N–H and O–H groups in total. The predicted molar refractivity (Wildman–Crippen MR) is 82.1 cm³/mol. The molecule has 0 bridgehead atoms. The van der Waals surface area contributed by atoms with Gasteiger partial charge in [-0.25, -0.2) is 4.79 Å². The quantitative estimate of drug-likeness (QED) is 0.790. The van der Waals surface area contributed by atoms with Crippen LogP contribution in [0.25, 0.3) is 6.08 Å². The van der Waals surface area contributed by atoms with Gasteiger partial charge in [-0.05, 0) is 48.6 Å². The molecule has 112 valence electrons. The van der Waals surface area contributed by atoms with Gasteiger partial charge in [0.1, 0.15) is 0 Å². The van der Waals surface area contributed by atoms with Gasteiger partial charge in [0.25, 0.3) is 5.91 Å². The third-order valence-corrected chi connectivity index (χ3v) is 3.84. The number of carboxylic acid groups (broad SMARTS) is 1. The van der Waals surface area contributed by atoms with E-state index in [-0.39, 0.29) is 5.91 Å². The molecule has 1 aromatic rings. The van der Waals surface area contributed by atoms with Crippen LogP contribution in [0.2, 0.25) is 0 Å². The molecule has 0 aromatic heterocycles. The maximum absolute atomic E-state index is 12.1. The summed E-state index contributed by atoms with van der Waals surface area (Å²) < 4.78 is 0. The van der Waals surface area contributed by atoms with Gasteiger partial charge in [-0.15, -0.1) is 0 Å². The van der Waals surface area contributed by atoms with Crippen LogP contribution in [0.1, 0.15) is 47.2 Å². The molecule has 4 heteroatoms. The molecule has 0 aliphatic heterocycles. The predicted octanol–water partition coefficient (Wildman–Crippen LogP) is 3.01. The first-order valence-corrected chi connectivity index (χ1v) is 7.35. The van der Waals surface area contributed by atoms with E-state index in [4.69, 9.17) is 5.11 Å². The number of carbonyl (C=O) groups excluding carboxylic acids is 1. The van der Waals surface area contributed by atoms with Gasteiger partial charge in [0.05, 0.1) is 0 Å². The van der Waals surface area contributed by atoms with Crippen LogP contribution < -0.4 is 5.32 Å². The number of nitrogens with one attached hydrogen (secondary N) is 1. The van der Waals surface area contributed by atoms with Crippen molar-refractivity contribution in [1.82, 2.24) is 5.32 Å². The fourth-order valence-corrected chi connectivity index (χ4v) is 2.48. The molecule has 0 atom stereocenters. The second kappa shape index (κ2) is 7.07. The summed E-state index contributed by atoms with van der Waals surface area (Å²) in [5.74, 6) is -0.317. The molecule has 4 nitrogen and oxygen atoms in total. The lowest BCUT2D eigenvalue weighted by Crippen LogP contribution is -2.27. The number of carbonyl (C=O) groups is 2. The Morgan fingerprint density at radius 1 is 1.33 bits per heavy atom. The second-order valence-corrected chi connectivity index (χ2v) is 5.65. The van der Waals surface area contributed by atoms with Gasteiger partial charge >= 0.3 is 5.97 Å². The van der Waals surface area contributed by atoms with Gasteiger partial charge in [-0.3, -0.25) is 4.79 Å². The summed E-state index contributed by atoms with van der Waals surface area (Å²) in [7, 11) is 0. The summed E-state index contributed by atoms with van der Waals surface area (Å²) in [5.41, 5.74) is 2.24. The lowest BCUT2D eigenvalue weighted by atomic mass is 9.83. The maximum atomic E-state index is 12.1. The Hall–Kier alpha value is -2.10. The highest BCUT2D eigenvalue weighted by Crippen LogP contribution is 2.28. The first-order chi connectivity index (χ1) is 10.0. The first kappa shape index (κ1) is 15.3. The number of aliphatic carboxylic acids is 1. The standard InChI is InChI=1S/C17H21NO3/c1-12-9-14(5-6-16(19)20)11-15(10-12)17(21)18-8-7-13-3-2-4-13/h5-6,9-11,13H,2-4,7-8H2,1H3,(H,18,21)(H,19,20)/b6-5+. The van der Waals surface area contributed by atoms with Crippen LogP contribution in [0.3, 0.4) is 0 Å². The SMILES string of the molecule is Cc1cc(/C=C/C(=O)O)cc(C(=O)NCCC2CCC2)c1. The minimum absolute atomic E-state index is 0.0944. The van der Waals surface area contributed by atoms with Crippen LogP contribution in [0.15, 0.2) is 24.3 Å². The van der Waals surface area contributed by atoms with Crippen molar-refractivity contribution in [3.63, 3.8) is 0 Å². The summed E-state index contributed by atoms with van der Waals surface area (Å²) in [4.78, 5) is 22.7. The lowest BCUT2D eigenvalue weighted by Gasteiger charge is -2.25. The summed E-state index contributed by atoms with van der Waals surface area (Å²) in [5, 5.41) is 11.6. The minimum atomic E-state index is -0.997. The molecule has 1 aromatic carbocycles. The zero-order valence-electron chi connectivity index (χ0n) is 12.3. The van der Waals surface area contributed by atoms with Crippen molar-refractivity contribution in [3.8, 4) is 0 Å². The Bertz CT molecular complexity index is 559. The highest BCUT2D eigenvalue weighted by molar-refractivity contribution is 5.95. The summed E-state index contributed by atoms with van der Waals surface area (Å²) in [6, 6.07) is 5.38. The van der Waals surface area contributed by atoms with Crippen molar-refractivity contribution in [2.45, 2.75) is 32.6 Å². The fourth-order valence-electron chi connectivity index (χ4n) is 2.48. The Labute approximate surface area is 124 Å². The highest BCUT2D eigenvalue weighted by atomic mass is 16.4. The molecule has 1 aliphatic rings. The van der Waals surface area contributed by atoms with Crippen molar-refractivity contribution in [3.05, 3.63) is 41.0 Å². The molecule has 2 rings (SSSR count). The molecule has 21 heavy (non-hydrogen) atoms. The number of carboxylic acids is 1. The number of benzene rings is 1. The van der Waals surface area contributed by atoms with E-state index in [1.165, 1.54) is 25.3 Å². The smallest absolute Gasteiger partial charge is 0.328 e. The summed E-state index contributed by atoms with van der Waals surface area (Å²) in [6.07, 6.45) is 7.50. The Morgan fingerprint density at radius 3 is 2.71 bits per heavy atom. The van der Waals surface area contributed by atoms with E-state index in [2.05, 4.69) is 5.32 Å². The van der Waals surface area contributed by atoms with Crippen LogP contribution in [-0.4, -0.2) is 23.5 Å². The van der Waals surface area contributed by atoms with E-state index in [1.807, 2.05) is 19.1 Å². The number of amides is 1. The van der Waals surface area contributed by atoms with Gasteiger partial charge in [0.2, 0.25) is 0 Å². The molecule has 0 unspecified atom stereocenters. The molecule has 1 amide bonds. The topological polar surface area (TPSA) is 66.4 Å². The molecule has 1 saturated carbocycles. The molecule has 0 saturated heterocycles. The molecular weight excluding hydrogens is 266 g/mol. The monoisotopic (exact) mass is 287 g/mol. The first-order valence-electron chi connectivity index (χ1n) is 7.35. The van der Waals surface area contributed by atoms with Crippen LogP contribution in [0, 0.1) is 12.8 Å². The fraction of sp³-hybridized carbons (Fsp3) is 0.412. The van der Waals surface area contributed by atoms with Gasteiger partial charge in [0, 0.05) is 18.2 Å². The Balaban J connectivity index is 1.96. The molecule has 1 aliphatic carbocycles. The lowest BCUT2D eigenvalue weighted by molar-refractivity contribution is -0.131. The Morgan fingerprint density at radius 2 is 2.10 bits per heavy atom. The average Bonchev–Trinajstić information content (AvgIpc) is 2.38. The van der Waals surface area contributed by atoms with Gasteiger partial charge < -0.3 is 10.4 Å². The van der Waals surface area contributed by atoms with E-state index >= 15 is 0 Å². The van der Waals surface area contributed by atoms with Gasteiger partial charge in [-0.1, -0.05) is 25.3 Å². The van der Waals surface area contributed by atoms with Crippen LogP contribution in [-0.2, 0) is 4.79 Å². The third kappa shape index (κ3) is 4.74. The normalized spacial score (nSPS) is 14.9. The maximum Gasteiger partial charge on any atom is 0.328 e. The van der Waals surface area contributed by atoms with Crippen molar-refractivity contribution in [1.29, 1.82) is 0 Å². The minimum Gasteiger partial charge on any atom is -0.478 e. The average molecular weight is 287 g/mol. The molecular formula is C17H21NO3. The zero-order chi connectivity index (χ0) is 15.2. The van der Waals surface area contributed by atoms with Crippen molar-refractivity contribution in [2.24, 2.45) is 5.92 Å². The third-order valence-electron chi connectivity index (χ3n) is 3.84. The number of hydrogen-bond acceptors (Lipinski definition) is 2. The van der Waals surface area contributed by atoms with Gasteiger partial charge in [0.15, 0.2) is 0 Å². The van der Waals surface area contributed by atoms with Crippen LogP contribution >= 0.6 is 0 Å². The van der Waals surface area contributed by atoms with E-state index in [0.29, 0.717) is 12.1 Å². The van der Waals surface area contributed by atoms with E-state index in [9.17, 15) is 9.59 Å². The van der Waals surface area contributed by atoms with Crippen LogP contribution in [0.4, 0.5) is 0 Å². The number of aryl methyl sites for hydroxylation is 1. The highest BCUT2D eigenvalue weighted by Gasteiger charge is 2.17. The van der Waals surface area contributed by atoms with E-state index in [0.717, 1.165) is 29.5 Å². The van der Waals surface area contributed by atoms with E-state index < -0.39 is 5.97 Å². The number of hydrogen-bond donors (Lipinski definition) is 2. The van der Waals surface area contributed by atoms with Gasteiger partial charge in [-0.2, -0.15) is 0 Å². The van der Waals surface area contributed by atoms with Crippen LogP contribution in [0.5, 0.6) is 0 Å². The summed E-state index contributed by atoms with van der Waals surface area (Å²) >= 11 is 0. The number of rotatable bonds is 6.